The van der Waals surface area contributed by atoms with Gasteiger partial charge in [-0.2, -0.15) is 0 Å². The van der Waals surface area contributed by atoms with Crippen LogP contribution in [0.2, 0.25) is 0 Å². The van der Waals surface area contributed by atoms with Crippen molar-refractivity contribution in [1.29, 1.82) is 0 Å². The van der Waals surface area contributed by atoms with E-state index in [1.54, 1.807) is 31.0 Å². The van der Waals surface area contributed by atoms with Crippen LogP contribution in [-0.2, 0) is 19.1 Å². The first-order chi connectivity index (χ1) is 8.02. The van der Waals surface area contributed by atoms with Crippen LogP contribution in [0.25, 0.3) is 0 Å². The predicted octanol–water partition coefficient (Wildman–Crippen LogP) is 1.11. The molecule has 0 amide bonds. The maximum atomic E-state index is 11.5. The van der Waals surface area contributed by atoms with Crippen LogP contribution in [0.15, 0.2) is 23.9 Å². The third-order valence-corrected chi connectivity index (χ3v) is 1.64. The lowest BCUT2D eigenvalue weighted by molar-refractivity contribution is -0.146. The molecule has 17 heavy (non-hydrogen) atoms. The minimum Gasteiger partial charge on any atom is -0.462 e. The molecule has 0 fully saturated rings. The fourth-order valence-electron chi connectivity index (χ4n) is 0.948. The average molecular weight is 241 g/mol. The second-order valence-corrected chi connectivity index (χ2v) is 3.33. The molecule has 0 saturated heterocycles. The van der Waals surface area contributed by atoms with Crippen LogP contribution in [0.5, 0.6) is 0 Å². The highest BCUT2D eigenvalue weighted by atomic mass is 16.6. The molecule has 0 spiro atoms. The first-order valence-electron chi connectivity index (χ1n) is 5.42. The summed E-state index contributed by atoms with van der Waals surface area (Å²) < 4.78 is 9.55. The van der Waals surface area contributed by atoms with E-state index in [-0.39, 0.29) is 18.8 Å². The summed E-state index contributed by atoms with van der Waals surface area (Å²) in [7, 11) is 3.66. The number of allylic oxidation sites excluding steroid dienone is 2. The van der Waals surface area contributed by atoms with Gasteiger partial charge in [0.2, 0.25) is 0 Å². The fourth-order valence-corrected chi connectivity index (χ4v) is 0.948. The van der Waals surface area contributed by atoms with Gasteiger partial charge in [-0.3, -0.25) is 0 Å². The van der Waals surface area contributed by atoms with Gasteiger partial charge in [0.1, 0.15) is 5.57 Å². The Morgan fingerprint density at radius 1 is 1.06 bits per heavy atom. The molecule has 0 N–H and O–H groups in total. The normalized spacial score (nSPS) is 9.88. The molecule has 0 aromatic carbocycles. The van der Waals surface area contributed by atoms with Crippen molar-refractivity contribution in [2.75, 3.05) is 27.3 Å². The number of nitrogens with zero attached hydrogens (tertiary/aromatic N) is 1. The van der Waals surface area contributed by atoms with Crippen LogP contribution >= 0.6 is 0 Å². The molecule has 96 valence electrons. The van der Waals surface area contributed by atoms with Crippen LogP contribution < -0.4 is 0 Å². The lowest BCUT2D eigenvalue weighted by Crippen LogP contribution is -2.18. The van der Waals surface area contributed by atoms with E-state index in [9.17, 15) is 9.59 Å². The monoisotopic (exact) mass is 241 g/mol. The third kappa shape index (κ3) is 6.40. The summed E-state index contributed by atoms with van der Waals surface area (Å²) in [6.45, 7) is 3.78. The van der Waals surface area contributed by atoms with E-state index in [4.69, 9.17) is 9.47 Å². The molecule has 0 rings (SSSR count). The smallest absolute Gasteiger partial charge is 0.345 e. The number of esters is 2. The SMILES string of the molecule is CCOC(=O)C(=C/C=C/N(C)C)C(=O)OCC. The summed E-state index contributed by atoms with van der Waals surface area (Å²) in [4.78, 5) is 24.8. The first kappa shape index (κ1) is 15.2. The van der Waals surface area contributed by atoms with Gasteiger partial charge >= 0.3 is 11.9 Å². The van der Waals surface area contributed by atoms with Crippen molar-refractivity contribution in [3.05, 3.63) is 23.9 Å². The van der Waals surface area contributed by atoms with Crippen molar-refractivity contribution < 1.29 is 19.1 Å². The minimum absolute atomic E-state index is 0.105. The Morgan fingerprint density at radius 3 is 1.88 bits per heavy atom. The van der Waals surface area contributed by atoms with Crippen LogP contribution in [0, 0.1) is 0 Å². The number of hydrogen-bond donors (Lipinski definition) is 0. The zero-order chi connectivity index (χ0) is 13.3. The van der Waals surface area contributed by atoms with Crippen molar-refractivity contribution in [2.24, 2.45) is 0 Å². The van der Waals surface area contributed by atoms with E-state index < -0.39 is 11.9 Å². The van der Waals surface area contributed by atoms with Crippen LogP contribution in [0.3, 0.4) is 0 Å². The highest BCUT2D eigenvalue weighted by molar-refractivity contribution is 6.14. The van der Waals surface area contributed by atoms with Crippen LogP contribution in [0.4, 0.5) is 0 Å². The standard InChI is InChI=1S/C12H19NO4/c1-5-16-11(14)10(12(15)17-6-2)8-7-9-13(3)4/h7-9H,5-6H2,1-4H3/b9-7+. The summed E-state index contributed by atoms with van der Waals surface area (Å²) in [6, 6.07) is 0. The lowest BCUT2D eigenvalue weighted by Gasteiger charge is -2.06. The zero-order valence-electron chi connectivity index (χ0n) is 10.7. The molecule has 0 atom stereocenters. The predicted molar refractivity (Wildman–Crippen MR) is 64.2 cm³/mol. The van der Waals surface area contributed by atoms with Gasteiger partial charge in [0.05, 0.1) is 13.2 Å². The molecular weight excluding hydrogens is 222 g/mol. The third-order valence-electron chi connectivity index (χ3n) is 1.64. The molecule has 0 aliphatic carbocycles. The van der Waals surface area contributed by atoms with Gasteiger partial charge in [0.15, 0.2) is 0 Å². The summed E-state index contributed by atoms with van der Waals surface area (Å²) in [5.74, 6) is -1.34. The number of ether oxygens (including phenoxy) is 2. The Bertz CT molecular complexity index is 298. The molecule has 0 aromatic rings. The maximum absolute atomic E-state index is 11.5. The van der Waals surface area contributed by atoms with E-state index in [0.717, 1.165) is 0 Å². The van der Waals surface area contributed by atoms with E-state index in [0.29, 0.717) is 0 Å². The Hall–Kier alpha value is -1.78. The number of hydrogen-bond acceptors (Lipinski definition) is 5. The average Bonchev–Trinajstić information content (AvgIpc) is 2.24. The molecule has 0 aliphatic heterocycles. The van der Waals surface area contributed by atoms with Crippen molar-refractivity contribution in [1.82, 2.24) is 4.90 Å². The molecule has 0 heterocycles. The van der Waals surface area contributed by atoms with Gasteiger partial charge in [0.25, 0.3) is 0 Å². The Labute approximate surface area is 102 Å². The van der Waals surface area contributed by atoms with E-state index >= 15 is 0 Å². The molecule has 0 bridgehead atoms. The fraction of sp³-hybridized carbons (Fsp3) is 0.500. The van der Waals surface area contributed by atoms with Crippen LogP contribution in [-0.4, -0.2) is 44.1 Å². The van der Waals surface area contributed by atoms with Gasteiger partial charge in [0, 0.05) is 14.1 Å². The topological polar surface area (TPSA) is 55.8 Å². The van der Waals surface area contributed by atoms with Crippen LogP contribution in [0.1, 0.15) is 13.8 Å². The van der Waals surface area contributed by atoms with Gasteiger partial charge in [-0.25, -0.2) is 9.59 Å². The summed E-state index contributed by atoms with van der Waals surface area (Å²) in [6.07, 6.45) is 4.68. The molecule has 0 aliphatic rings. The number of rotatable bonds is 6. The summed E-state index contributed by atoms with van der Waals surface area (Å²) >= 11 is 0. The first-order valence-corrected chi connectivity index (χ1v) is 5.42. The minimum atomic E-state index is -0.672. The van der Waals surface area contributed by atoms with Gasteiger partial charge in [-0.05, 0) is 32.2 Å². The lowest BCUT2D eigenvalue weighted by atomic mass is 10.2. The van der Waals surface area contributed by atoms with E-state index in [1.807, 2.05) is 14.1 Å². The quantitative estimate of drug-likeness (QED) is 0.229. The largest absolute Gasteiger partial charge is 0.462 e. The highest BCUT2D eigenvalue weighted by Gasteiger charge is 2.19. The molecular formula is C12H19NO4. The Kier molecular flexibility index (Phi) is 7.50. The Balaban J connectivity index is 4.84. The van der Waals surface area contributed by atoms with Crippen molar-refractivity contribution in [3.8, 4) is 0 Å². The zero-order valence-corrected chi connectivity index (χ0v) is 10.7. The molecule has 5 heteroatoms. The molecule has 0 radical (unpaired) electrons. The van der Waals surface area contributed by atoms with Crippen molar-refractivity contribution in [2.45, 2.75) is 13.8 Å². The van der Waals surface area contributed by atoms with E-state index in [1.165, 1.54) is 6.08 Å². The Morgan fingerprint density at radius 2 is 1.53 bits per heavy atom. The van der Waals surface area contributed by atoms with Crippen molar-refractivity contribution >= 4 is 11.9 Å². The summed E-state index contributed by atoms with van der Waals surface area (Å²) in [5, 5.41) is 0. The molecule has 0 aromatic heterocycles. The maximum Gasteiger partial charge on any atom is 0.345 e. The molecule has 0 unspecified atom stereocenters. The second kappa shape index (κ2) is 8.38. The van der Waals surface area contributed by atoms with Gasteiger partial charge < -0.3 is 14.4 Å². The molecule has 5 nitrogen and oxygen atoms in total. The van der Waals surface area contributed by atoms with Gasteiger partial charge in [-0.15, -0.1) is 0 Å². The molecule has 0 saturated carbocycles. The number of carbonyl (C=O) groups is 2. The number of carbonyl (C=O) groups excluding carboxylic acids is 2. The van der Waals surface area contributed by atoms with Crippen molar-refractivity contribution in [3.63, 3.8) is 0 Å². The van der Waals surface area contributed by atoms with Gasteiger partial charge in [-0.1, -0.05) is 0 Å². The van der Waals surface area contributed by atoms with E-state index in [2.05, 4.69) is 0 Å². The second-order valence-electron chi connectivity index (χ2n) is 3.33. The highest BCUT2D eigenvalue weighted by Crippen LogP contribution is 2.03. The summed E-state index contributed by atoms with van der Waals surface area (Å²) in [5.41, 5.74) is -0.105.